The molecule has 1 N–H and O–H groups in total. The molecule has 0 unspecified atom stereocenters. The topological polar surface area (TPSA) is 94.6 Å². The lowest BCUT2D eigenvalue weighted by atomic mass is 10.2. The van der Waals surface area contributed by atoms with Crippen molar-refractivity contribution < 1.29 is 22.7 Å². The van der Waals surface area contributed by atoms with Gasteiger partial charge in [-0.3, -0.25) is 9.78 Å². The Hall–Kier alpha value is -2.13. The van der Waals surface area contributed by atoms with Crippen molar-refractivity contribution in [2.45, 2.75) is 24.8 Å². The van der Waals surface area contributed by atoms with Crippen LogP contribution in [-0.2, 0) is 10.0 Å². The first-order valence-electron chi connectivity index (χ1n) is 7.25. The minimum Gasteiger partial charge on any atom is -0.493 e. The number of halogens is 1. The van der Waals surface area contributed by atoms with Gasteiger partial charge in [0, 0.05) is 22.4 Å². The van der Waals surface area contributed by atoms with E-state index in [1.54, 1.807) is 6.07 Å². The molecule has 134 valence electrons. The molecule has 0 bridgehead atoms. The molecule has 9 heteroatoms. The zero-order valence-corrected chi connectivity index (χ0v) is 16.2. The molecule has 2 rings (SSSR count). The summed E-state index contributed by atoms with van der Waals surface area (Å²) >= 11 is 3.14. The molecule has 0 radical (unpaired) electrons. The zero-order chi connectivity index (χ0) is 18.6. The highest BCUT2D eigenvalue weighted by Crippen LogP contribution is 2.29. The van der Waals surface area contributed by atoms with Gasteiger partial charge in [0.2, 0.25) is 0 Å². The van der Waals surface area contributed by atoms with Crippen molar-refractivity contribution in [3.05, 3.63) is 46.7 Å². The number of amides is 1. The first kappa shape index (κ1) is 19.2. The molecule has 1 aromatic carbocycles. The van der Waals surface area contributed by atoms with Crippen LogP contribution in [0.2, 0.25) is 0 Å². The van der Waals surface area contributed by atoms with Gasteiger partial charge < -0.3 is 9.47 Å². The Morgan fingerprint density at radius 3 is 2.52 bits per heavy atom. The van der Waals surface area contributed by atoms with E-state index in [0.717, 1.165) is 6.20 Å². The summed E-state index contributed by atoms with van der Waals surface area (Å²) in [4.78, 5) is 16.0. The van der Waals surface area contributed by atoms with Gasteiger partial charge in [-0.05, 0) is 54.0 Å². The largest absolute Gasteiger partial charge is 0.493 e. The summed E-state index contributed by atoms with van der Waals surface area (Å²) in [5, 5.41) is 0. The molecule has 0 aliphatic carbocycles. The molecule has 1 heterocycles. The number of sulfonamides is 1. The Morgan fingerprint density at radius 2 is 1.92 bits per heavy atom. The van der Waals surface area contributed by atoms with Crippen LogP contribution in [0.15, 0.2) is 46.0 Å². The molecule has 2 aromatic rings. The monoisotopic (exact) mass is 428 g/mol. The van der Waals surface area contributed by atoms with Gasteiger partial charge in [-0.2, -0.15) is 0 Å². The predicted octanol–water partition coefficient (Wildman–Crippen LogP) is 2.76. The van der Waals surface area contributed by atoms with Gasteiger partial charge in [0.25, 0.3) is 15.9 Å². The van der Waals surface area contributed by atoms with E-state index in [-0.39, 0.29) is 16.6 Å². The van der Waals surface area contributed by atoms with Gasteiger partial charge >= 0.3 is 0 Å². The van der Waals surface area contributed by atoms with Crippen LogP contribution in [0.3, 0.4) is 0 Å². The van der Waals surface area contributed by atoms with Gasteiger partial charge in [-0.15, -0.1) is 0 Å². The molecule has 1 amide bonds. The predicted molar refractivity (Wildman–Crippen MR) is 95.3 cm³/mol. The highest BCUT2D eigenvalue weighted by molar-refractivity contribution is 9.10. The quantitative estimate of drug-likeness (QED) is 0.759. The number of carbonyl (C=O) groups excluding carboxylic acids is 1. The van der Waals surface area contributed by atoms with E-state index in [9.17, 15) is 13.2 Å². The summed E-state index contributed by atoms with van der Waals surface area (Å²) in [6.45, 7) is 3.72. The smallest absolute Gasteiger partial charge is 0.265 e. The van der Waals surface area contributed by atoms with E-state index < -0.39 is 15.9 Å². The van der Waals surface area contributed by atoms with Crippen molar-refractivity contribution in [3.63, 3.8) is 0 Å². The van der Waals surface area contributed by atoms with Crippen LogP contribution in [0.1, 0.15) is 24.2 Å². The van der Waals surface area contributed by atoms with Crippen molar-refractivity contribution in [2.75, 3.05) is 7.11 Å². The number of hydrogen-bond donors (Lipinski definition) is 1. The summed E-state index contributed by atoms with van der Waals surface area (Å²) in [7, 11) is -2.60. The van der Waals surface area contributed by atoms with Crippen LogP contribution in [-0.4, -0.2) is 32.5 Å². The number of nitrogens with one attached hydrogen (secondary N) is 1. The Labute approximate surface area is 154 Å². The molecule has 1 aromatic heterocycles. The fraction of sp³-hybridized carbons (Fsp3) is 0.250. The summed E-state index contributed by atoms with van der Waals surface area (Å²) in [5.41, 5.74) is 0.125. The first-order chi connectivity index (χ1) is 11.7. The molecule has 0 aliphatic heterocycles. The van der Waals surface area contributed by atoms with Gasteiger partial charge in [-0.25, -0.2) is 13.1 Å². The fourth-order valence-electron chi connectivity index (χ4n) is 1.94. The van der Waals surface area contributed by atoms with E-state index in [1.807, 2.05) is 18.6 Å². The number of ether oxygens (including phenoxy) is 2. The highest BCUT2D eigenvalue weighted by Gasteiger charge is 2.20. The Kier molecular flexibility index (Phi) is 6.02. The number of rotatable bonds is 6. The molecular formula is C16H17BrN2O5S. The lowest BCUT2D eigenvalue weighted by Gasteiger charge is -2.14. The maximum absolute atomic E-state index is 12.3. The Bertz CT molecular complexity index is 884. The van der Waals surface area contributed by atoms with Crippen LogP contribution in [0, 0.1) is 0 Å². The van der Waals surface area contributed by atoms with Crippen molar-refractivity contribution in [1.29, 1.82) is 0 Å². The number of pyridine rings is 1. The van der Waals surface area contributed by atoms with E-state index in [0.29, 0.717) is 16.0 Å². The molecule has 0 atom stereocenters. The minimum absolute atomic E-state index is 0.0713. The Balaban J connectivity index is 2.26. The molecule has 0 fully saturated rings. The van der Waals surface area contributed by atoms with Crippen molar-refractivity contribution in [3.8, 4) is 11.5 Å². The lowest BCUT2D eigenvalue weighted by Crippen LogP contribution is -2.30. The van der Waals surface area contributed by atoms with Gasteiger partial charge in [0.05, 0.1) is 13.2 Å². The minimum atomic E-state index is -4.04. The third-order valence-corrected chi connectivity index (χ3v) is 4.74. The molecule has 7 nitrogen and oxygen atoms in total. The van der Waals surface area contributed by atoms with E-state index >= 15 is 0 Å². The second-order valence-corrected chi connectivity index (χ2v) is 7.90. The average molecular weight is 429 g/mol. The SMILES string of the molecule is COc1cc(C(=O)NS(=O)(=O)c2cncc(Br)c2)ccc1OC(C)C. The van der Waals surface area contributed by atoms with Gasteiger partial charge in [0.15, 0.2) is 11.5 Å². The van der Waals surface area contributed by atoms with Crippen molar-refractivity contribution in [1.82, 2.24) is 9.71 Å². The van der Waals surface area contributed by atoms with Gasteiger partial charge in [0.1, 0.15) is 4.90 Å². The highest BCUT2D eigenvalue weighted by atomic mass is 79.9. The second kappa shape index (κ2) is 7.83. The number of hydrogen-bond acceptors (Lipinski definition) is 6. The molecule has 0 saturated heterocycles. The Morgan fingerprint density at radius 1 is 1.20 bits per heavy atom. The van der Waals surface area contributed by atoms with Gasteiger partial charge in [-0.1, -0.05) is 0 Å². The normalized spacial score (nSPS) is 11.2. The zero-order valence-electron chi connectivity index (χ0n) is 13.8. The number of nitrogens with zero attached hydrogens (tertiary/aromatic N) is 1. The van der Waals surface area contributed by atoms with Crippen LogP contribution in [0.25, 0.3) is 0 Å². The number of carbonyl (C=O) groups is 1. The molecule has 25 heavy (non-hydrogen) atoms. The van der Waals surface area contributed by atoms with Crippen LogP contribution < -0.4 is 14.2 Å². The third kappa shape index (κ3) is 4.93. The number of aromatic nitrogens is 1. The summed E-state index contributed by atoms with van der Waals surface area (Å²) < 4.78 is 37.8. The van der Waals surface area contributed by atoms with Crippen molar-refractivity contribution in [2.24, 2.45) is 0 Å². The summed E-state index contributed by atoms with van der Waals surface area (Å²) in [6, 6.07) is 5.79. The molecule has 0 saturated carbocycles. The third-order valence-electron chi connectivity index (χ3n) is 3.01. The van der Waals surface area contributed by atoms with E-state index in [4.69, 9.17) is 9.47 Å². The summed E-state index contributed by atoms with van der Waals surface area (Å²) in [5.74, 6) is 0.0188. The van der Waals surface area contributed by atoms with Crippen molar-refractivity contribution >= 4 is 31.9 Å². The van der Waals surface area contributed by atoms with Crippen LogP contribution in [0.4, 0.5) is 0 Å². The van der Waals surface area contributed by atoms with E-state index in [2.05, 4.69) is 20.9 Å². The van der Waals surface area contributed by atoms with Crippen LogP contribution >= 0.6 is 15.9 Å². The standard InChI is InChI=1S/C16H17BrN2O5S/c1-10(2)24-14-5-4-11(6-15(14)23-3)16(20)19-25(21,22)13-7-12(17)8-18-9-13/h4-10H,1-3H3,(H,19,20). The summed E-state index contributed by atoms with van der Waals surface area (Å²) in [6.07, 6.45) is 2.53. The average Bonchev–Trinajstić information content (AvgIpc) is 2.54. The second-order valence-electron chi connectivity index (χ2n) is 5.31. The first-order valence-corrected chi connectivity index (χ1v) is 9.53. The fourth-order valence-corrected chi connectivity index (χ4v) is 3.42. The molecule has 0 spiro atoms. The molecule has 0 aliphatic rings. The lowest BCUT2D eigenvalue weighted by molar-refractivity contribution is 0.0981. The number of methoxy groups -OCH3 is 1. The maximum Gasteiger partial charge on any atom is 0.265 e. The maximum atomic E-state index is 12.3. The molecular weight excluding hydrogens is 412 g/mol. The number of benzene rings is 1. The van der Waals surface area contributed by atoms with E-state index in [1.165, 1.54) is 31.5 Å². The van der Waals surface area contributed by atoms with Crippen LogP contribution in [0.5, 0.6) is 11.5 Å².